The summed E-state index contributed by atoms with van der Waals surface area (Å²) in [6.07, 6.45) is 1.11. The summed E-state index contributed by atoms with van der Waals surface area (Å²) in [5.74, 6) is 0.180. The van der Waals surface area contributed by atoms with Crippen LogP contribution in [0.1, 0.15) is 40.5 Å². The Bertz CT molecular complexity index is 225. The summed E-state index contributed by atoms with van der Waals surface area (Å²) in [4.78, 5) is 22.9. The van der Waals surface area contributed by atoms with Gasteiger partial charge in [0.25, 0.3) is 0 Å². The summed E-state index contributed by atoms with van der Waals surface area (Å²) in [6.45, 7) is 7.45. The Morgan fingerprint density at radius 2 is 1.80 bits per heavy atom. The number of carbonyl (C=O) groups is 2. The van der Waals surface area contributed by atoms with Crippen LogP contribution in [-0.4, -0.2) is 23.8 Å². The normalized spacial score (nSPS) is 14.8. The first-order chi connectivity index (χ1) is 6.88. The third-order valence-electron chi connectivity index (χ3n) is 2.17. The van der Waals surface area contributed by atoms with Crippen molar-refractivity contribution in [3.63, 3.8) is 0 Å². The monoisotopic (exact) mass is 214 g/mol. The molecule has 0 unspecified atom stereocenters. The Labute approximate surface area is 91.6 Å². The molecule has 0 aliphatic carbocycles. The van der Waals surface area contributed by atoms with E-state index in [2.05, 4.69) is 5.32 Å². The summed E-state index contributed by atoms with van der Waals surface area (Å²) >= 11 is 0. The molecule has 1 amide bonds. The van der Waals surface area contributed by atoms with Gasteiger partial charge in [0, 0.05) is 6.42 Å². The molecular formula is C11H22N2O2. The molecule has 0 aromatic heterocycles. The van der Waals surface area contributed by atoms with E-state index < -0.39 is 6.04 Å². The molecule has 0 aromatic rings. The van der Waals surface area contributed by atoms with E-state index in [4.69, 9.17) is 5.73 Å². The molecule has 0 saturated carbocycles. The van der Waals surface area contributed by atoms with Crippen LogP contribution in [0.5, 0.6) is 0 Å². The van der Waals surface area contributed by atoms with Crippen LogP contribution in [0.3, 0.4) is 0 Å². The minimum absolute atomic E-state index is 0.0673. The predicted octanol–water partition coefficient (Wildman–Crippen LogP) is 0.844. The number of nitrogens with two attached hydrogens (primary N) is 1. The Morgan fingerprint density at radius 1 is 1.27 bits per heavy atom. The van der Waals surface area contributed by atoms with Gasteiger partial charge in [-0.15, -0.1) is 0 Å². The van der Waals surface area contributed by atoms with Crippen molar-refractivity contribution in [2.45, 2.75) is 52.6 Å². The fourth-order valence-electron chi connectivity index (χ4n) is 1.29. The van der Waals surface area contributed by atoms with Crippen LogP contribution in [0.25, 0.3) is 0 Å². The fraction of sp³-hybridized carbons (Fsp3) is 0.818. The van der Waals surface area contributed by atoms with Crippen molar-refractivity contribution in [2.75, 3.05) is 0 Å². The van der Waals surface area contributed by atoms with Gasteiger partial charge in [0.1, 0.15) is 0 Å². The van der Waals surface area contributed by atoms with E-state index >= 15 is 0 Å². The molecule has 3 N–H and O–H groups in total. The Morgan fingerprint density at radius 3 is 2.13 bits per heavy atom. The van der Waals surface area contributed by atoms with Gasteiger partial charge in [-0.3, -0.25) is 9.59 Å². The largest absolute Gasteiger partial charge is 0.345 e. The summed E-state index contributed by atoms with van der Waals surface area (Å²) in [6, 6.07) is -0.946. The molecule has 0 heterocycles. The molecule has 0 aliphatic rings. The third kappa shape index (κ3) is 5.52. The first kappa shape index (κ1) is 14.1. The fourth-order valence-corrected chi connectivity index (χ4v) is 1.29. The summed E-state index contributed by atoms with van der Waals surface area (Å²) in [7, 11) is 0. The Hall–Kier alpha value is -0.900. The van der Waals surface area contributed by atoms with Crippen molar-refractivity contribution in [3.05, 3.63) is 0 Å². The lowest BCUT2D eigenvalue weighted by molar-refractivity contribution is -0.128. The van der Waals surface area contributed by atoms with Crippen molar-refractivity contribution >= 4 is 11.7 Å². The minimum Gasteiger partial charge on any atom is -0.345 e. The molecular weight excluding hydrogens is 192 g/mol. The van der Waals surface area contributed by atoms with E-state index in [-0.39, 0.29) is 17.7 Å². The average molecular weight is 214 g/mol. The van der Waals surface area contributed by atoms with Gasteiger partial charge in [-0.05, 0) is 19.3 Å². The zero-order valence-electron chi connectivity index (χ0n) is 10.0. The van der Waals surface area contributed by atoms with E-state index in [1.807, 2.05) is 13.8 Å². The van der Waals surface area contributed by atoms with Gasteiger partial charge in [-0.1, -0.05) is 20.8 Å². The van der Waals surface area contributed by atoms with Crippen molar-refractivity contribution in [1.29, 1.82) is 0 Å². The topological polar surface area (TPSA) is 72.2 Å². The van der Waals surface area contributed by atoms with Crippen molar-refractivity contribution in [3.8, 4) is 0 Å². The van der Waals surface area contributed by atoms with Crippen LogP contribution in [-0.2, 0) is 9.59 Å². The molecule has 15 heavy (non-hydrogen) atoms. The smallest absolute Gasteiger partial charge is 0.237 e. The first-order valence-corrected chi connectivity index (χ1v) is 5.47. The molecule has 4 heteroatoms. The maximum atomic E-state index is 11.6. The van der Waals surface area contributed by atoms with Gasteiger partial charge in [0.2, 0.25) is 5.91 Å². The van der Waals surface area contributed by atoms with Crippen LogP contribution in [0.15, 0.2) is 0 Å². The number of nitrogens with one attached hydrogen (secondary N) is 1. The lowest BCUT2D eigenvalue weighted by atomic mass is 9.98. The molecule has 88 valence electrons. The van der Waals surface area contributed by atoms with Crippen LogP contribution in [0.4, 0.5) is 0 Å². The number of ketones is 1. The maximum absolute atomic E-state index is 11.6. The number of hydrogen-bond acceptors (Lipinski definition) is 3. The number of Topliss-reactive ketones (excluding diaryl/α,β-unsaturated/α-hetero) is 1. The summed E-state index contributed by atoms with van der Waals surface area (Å²) in [5.41, 5.74) is 5.43. The average Bonchev–Trinajstić information content (AvgIpc) is 2.14. The lowest BCUT2D eigenvalue weighted by Gasteiger charge is -2.20. The highest BCUT2D eigenvalue weighted by Crippen LogP contribution is 2.07. The zero-order chi connectivity index (χ0) is 12.0. The van der Waals surface area contributed by atoms with Crippen LogP contribution >= 0.6 is 0 Å². The van der Waals surface area contributed by atoms with E-state index in [1.165, 1.54) is 0 Å². The Balaban J connectivity index is 4.37. The molecule has 0 radical (unpaired) electrons. The molecule has 2 atom stereocenters. The Kier molecular flexibility index (Phi) is 6.17. The second kappa shape index (κ2) is 6.56. The van der Waals surface area contributed by atoms with Gasteiger partial charge >= 0.3 is 0 Å². The van der Waals surface area contributed by atoms with Gasteiger partial charge in [-0.25, -0.2) is 0 Å². The highest BCUT2D eigenvalue weighted by Gasteiger charge is 2.21. The molecule has 0 rings (SSSR count). The van der Waals surface area contributed by atoms with Crippen LogP contribution in [0, 0.1) is 5.92 Å². The maximum Gasteiger partial charge on any atom is 0.237 e. The number of carbonyl (C=O) groups excluding carboxylic acids is 2. The van der Waals surface area contributed by atoms with Gasteiger partial charge in [-0.2, -0.15) is 0 Å². The first-order valence-electron chi connectivity index (χ1n) is 5.47. The van der Waals surface area contributed by atoms with Crippen LogP contribution < -0.4 is 11.1 Å². The second-order valence-corrected chi connectivity index (χ2v) is 4.30. The molecule has 0 spiro atoms. The van der Waals surface area contributed by atoms with Crippen molar-refractivity contribution in [2.24, 2.45) is 11.7 Å². The second-order valence-electron chi connectivity index (χ2n) is 4.30. The van der Waals surface area contributed by atoms with E-state index in [9.17, 15) is 9.59 Å². The number of hydrogen-bond donors (Lipinski definition) is 2. The number of rotatable bonds is 6. The van der Waals surface area contributed by atoms with Crippen LogP contribution in [0.2, 0.25) is 0 Å². The summed E-state index contributed by atoms with van der Waals surface area (Å²) in [5, 5.41) is 2.68. The third-order valence-corrected chi connectivity index (χ3v) is 2.17. The molecule has 0 aromatic carbocycles. The molecule has 0 bridgehead atoms. The van der Waals surface area contributed by atoms with E-state index in [0.717, 1.165) is 0 Å². The highest BCUT2D eigenvalue weighted by atomic mass is 16.2. The summed E-state index contributed by atoms with van der Waals surface area (Å²) < 4.78 is 0. The van der Waals surface area contributed by atoms with Gasteiger partial charge < -0.3 is 11.1 Å². The minimum atomic E-state index is -0.565. The predicted molar refractivity (Wildman–Crippen MR) is 60.3 cm³/mol. The molecule has 4 nitrogen and oxygen atoms in total. The van der Waals surface area contributed by atoms with Gasteiger partial charge in [0.15, 0.2) is 5.78 Å². The van der Waals surface area contributed by atoms with Crippen molar-refractivity contribution < 1.29 is 9.59 Å². The quantitative estimate of drug-likeness (QED) is 0.688. The van der Waals surface area contributed by atoms with E-state index in [1.54, 1.807) is 13.8 Å². The molecule has 0 saturated heterocycles. The van der Waals surface area contributed by atoms with Crippen molar-refractivity contribution in [1.82, 2.24) is 5.32 Å². The van der Waals surface area contributed by atoms with Gasteiger partial charge in [0.05, 0.1) is 12.1 Å². The van der Waals surface area contributed by atoms with E-state index in [0.29, 0.717) is 18.8 Å². The SMILES string of the molecule is CCC(=O)[C@H](CC(C)C)NC(=O)[C@H](C)N. The number of amides is 1. The lowest BCUT2D eigenvalue weighted by Crippen LogP contribution is -2.47. The standard InChI is InChI=1S/C11H22N2O2/c1-5-10(14)9(6-7(2)3)13-11(15)8(4)12/h7-9H,5-6,12H2,1-4H3,(H,13,15)/t8-,9-/m0/s1. The zero-order valence-corrected chi connectivity index (χ0v) is 10.0. The molecule has 0 aliphatic heterocycles. The highest BCUT2D eigenvalue weighted by molar-refractivity contribution is 5.90. The molecule has 0 fully saturated rings.